The molecule has 1 N–H and O–H groups in total. The molecule has 1 fully saturated rings. The summed E-state index contributed by atoms with van der Waals surface area (Å²) in [6.45, 7) is 3.05. The fourth-order valence-electron chi connectivity index (χ4n) is 4.44. The minimum atomic E-state index is -1.60. The maximum absolute atomic E-state index is 13.0. The van der Waals surface area contributed by atoms with E-state index in [4.69, 9.17) is 4.74 Å². The van der Waals surface area contributed by atoms with Gasteiger partial charge in [-0.25, -0.2) is 4.79 Å². The molecule has 34 heavy (non-hydrogen) atoms. The van der Waals surface area contributed by atoms with Crippen LogP contribution in [0.2, 0.25) is 0 Å². The highest BCUT2D eigenvalue weighted by Crippen LogP contribution is 2.46. The van der Waals surface area contributed by atoms with Crippen molar-refractivity contribution in [2.24, 2.45) is 0 Å². The number of hydrogen-bond acceptors (Lipinski definition) is 7. The second-order valence-corrected chi connectivity index (χ2v) is 9.83. The Kier molecular flexibility index (Phi) is 6.58. The maximum Gasteiger partial charge on any atom is 0.412 e. The van der Waals surface area contributed by atoms with Crippen LogP contribution in [-0.4, -0.2) is 43.7 Å². The van der Waals surface area contributed by atoms with Crippen molar-refractivity contribution >= 4 is 39.4 Å². The number of rotatable bonds is 5. The molecule has 1 aliphatic rings. The number of thioether (sulfide) groups is 1. The predicted molar refractivity (Wildman–Crippen MR) is 129 cm³/mol. The third-order valence-corrected chi connectivity index (χ3v) is 7.11. The molecule has 4 rings (SSSR count). The van der Waals surface area contributed by atoms with Gasteiger partial charge in [0.25, 0.3) is 5.69 Å². The molecule has 0 radical (unpaired) electrons. The van der Waals surface area contributed by atoms with E-state index in [1.165, 1.54) is 36.1 Å². The molecule has 1 heterocycles. The molecule has 3 aromatic carbocycles. The molecule has 0 aromatic heterocycles. The van der Waals surface area contributed by atoms with Crippen molar-refractivity contribution in [3.8, 4) is 0 Å². The molecule has 3 atom stereocenters. The lowest BCUT2D eigenvalue weighted by Gasteiger charge is -2.34. The van der Waals surface area contributed by atoms with Crippen molar-refractivity contribution in [1.82, 2.24) is 4.90 Å². The predicted octanol–water partition coefficient (Wildman–Crippen LogP) is 4.84. The van der Waals surface area contributed by atoms with Gasteiger partial charge >= 0.3 is 6.09 Å². The summed E-state index contributed by atoms with van der Waals surface area (Å²) in [6, 6.07) is 19.4. The van der Waals surface area contributed by atoms with E-state index in [2.05, 4.69) is 0 Å². The number of fused-ring (bicyclic) bond motifs is 1. The molecule has 1 unspecified atom stereocenters. The lowest BCUT2D eigenvalue weighted by molar-refractivity contribution is -0.384. The minimum Gasteiger partial charge on any atom is -0.444 e. The number of carbonyl (C=O) groups excluding carboxylic acids is 2. The number of ether oxygens (including phenoxy) is 1. The molecule has 8 nitrogen and oxygen atoms in total. The first-order chi connectivity index (χ1) is 16.2. The zero-order valence-corrected chi connectivity index (χ0v) is 19.5. The summed E-state index contributed by atoms with van der Waals surface area (Å²) in [5.74, 6) is -0.516. The van der Waals surface area contributed by atoms with Crippen molar-refractivity contribution in [3.63, 3.8) is 0 Å². The Morgan fingerprint density at radius 1 is 1.15 bits per heavy atom. The number of nitro groups is 1. The molecule has 0 saturated carbocycles. The first kappa shape index (κ1) is 23.7. The van der Waals surface area contributed by atoms with Crippen LogP contribution < -0.4 is 0 Å². The van der Waals surface area contributed by atoms with Gasteiger partial charge in [0.2, 0.25) is 0 Å². The van der Waals surface area contributed by atoms with Gasteiger partial charge in [-0.15, -0.1) is 0 Å². The van der Waals surface area contributed by atoms with Crippen LogP contribution in [0.15, 0.2) is 66.7 Å². The SMILES string of the molecule is CC(=O)S[C@@H]1CN(C(=O)OCc2ccc([N+](=O)[O-])cc2)[C@@](C)(O)C1c1ccc2ccccc2c1. The second kappa shape index (κ2) is 9.44. The summed E-state index contributed by atoms with van der Waals surface area (Å²) < 4.78 is 5.42. The van der Waals surface area contributed by atoms with Gasteiger partial charge in [-0.2, -0.15) is 0 Å². The molecule has 0 bridgehead atoms. The third-order valence-electron chi connectivity index (χ3n) is 6.05. The van der Waals surface area contributed by atoms with E-state index in [0.717, 1.165) is 28.1 Å². The lowest BCUT2D eigenvalue weighted by Crippen LogP contribution is -2.47. The highest BCUT2D eigenvalue weighted by molar-refractivity contribution is 8.14. The van der Waals surface area contributed by atoms with Crippen molar-refractivity contribution in [3.05, 3.63) is 88.0 Å². The van der Waals surface area contributed by atoms with E-state index < -0.39 is 22.7 Å². The van der Waals surface area contributed by atoms with Gasteiger partial charge < -0.3 is 9.84 Å². The largest absolute Gasteiger partial charge is 0.444 e. The van der Waals surface area contributed by atoms with E-state index in [1.54, 1.807) is 6.92 Å². The van der Waals surface area contributed by atoms with Crippen LogP contribution in [0.5, 0.6) is 0 Å². The van der Waals surface area contributed by atoms with E-state index in [1.807, 2.05) is 42.5 Å². The number of amides is 1. The van der Waals surface area contributed by atoms with E-state index in [-0.39, 0.29) is 29.2 Å². The van der Waals surface area contributed by atoms with Crippen LogP contribution in [-0.2, 0) is 16.1 Å². The Balaban J connectivity index is 1.57. The maximum atomic E-state index is 13.0. The first-order valence-corrected chi connectivity index (χ1v) is 11.6. The van der Waals surface area contributed by atoms with Crippen molar-refractivity contribution in [1.29, 1.82) is 0 Å². The van der Waals surface area contributed by atoms with Crippen molar-refractivity contribution in [2.45, 2.75) is 37.3 Å². The van der Waals surface area contributed by atoms with Crippen LogP contribution in [0, 0.1) is 10.1 Å². The molecule has 9 heteroatoms. The average molecular weight is 481 g/mol. The van der Waals surface area contributed by atoms with Crippen molar-refractivity contribution in [2.75, 3.05) is 6.54 Å². The van der Waals surface area contributed by atoms with E-state index >= 15 is 0 Å². The summed E-state index contributed by atoms with van der Waals surface area (Å²) in [7, 11) is 0. The standard InChI is InChI=1S/C25H24N2O6S/c1-16(28)34-22-14-26(24(29)33-15-17-7-11-21(12-8-17)27(31)32)25(2,30)23(22)20-10-9-18-5-3-4-6-19(18)13-20/h3-13,22-23,30H,14-15H2,1-2H3/t22-,23?,25+/m1/s1. The molecule has 0 spiro atoms. The van der Waals surface area contributed by atoms with Gasteiger partial charge in [0.1, 0.15) is 12.3 Å². The number of benzene rings is 3. The Morgan fingerprint density at radius 2 is 1.82 bits per heavy atom. The Morgan fingerprint density at radius 3 is 2.47 bits per heavy atom. The summed E-state index contributed by atoms with van der Waals surface area (Å²) in [4.78, 5) is 36.5. The van der Waals surface area contributed by atoms with Gasteiger partial charge in [-0.05, 0) is 41.0 Å². The number of likely N-dealkylation sites (tertiary alicyclic amines) is 1. The van der Waals surface area contributed by atoms with E-state index in [9.17, 15) is 24.8 Å². The molecule has 176 valence electrons. The molecule has 1 aliphatic heterocycles. The van der Waals surface area contributed by atoms with Gasteiger partial charge in [-0.1, -0.05) is 54.2 Å². The Labute approximate surface area is 200 Å². The monoisotopic (exact) mass is 480 g/mol. The zero-order valence-electron chi connectivity index (χ0n) is 18.7. The highest BCUT2D eigenvalue weighted by Gasteiger charge is 2.53. The number of carbonyl (C=O) groups is 2. The highest BCUT2D eigenvalue weighted by atomic mass is 32.2. The second-order valence-electron chi connectivity index (χ2n) is 8.41. The van der Waals surface area contributed by atoms with Crippen LogP contribution in [0.4, 0.5) is 10.5 Å². The fourth-order valence-corrected chi connectivity index (χ4v) is 5.64. The molecular weight excluding hydrogens is 456 g/mol. The summed E-state index contributed by atoms with van der Waals surface area (Å²) >= 11 is 1.10. The van der Waals surface area contributed by atoms with Gasteiger partial charge in [0.05, 0.1) is 4.92 Å². The zero-order chi connectivity index (χ0) is 24.5. The lowest BCUT2D eigenvalue weighted by atomic mass is 9.88. The van der Waals surface area contributed by atoms with Gasteiger partial charge in [0.15, 0.2) is 5.12 Å². The Hall–Kier alpha value is -3.43. The molecular formula is C25H24N2O6S. The summed E-state index contributed by atoms with van der Waals surface area (Å²) in [5.41, 5.74) is -0.242. The number of nitrogens with zero attached hydrogens (tertiary/aromatic N) is 2. The molecule has 1 saturated heterocycles. The molecule has 1 amide bonds. The van der Waals surface area contributed by atoms with Gasteiger partial charge in [-0.3, -0.25) is 19.8 Å². The third kappa shape index (κ3) is 4.76. The quantitative estimate of drug-likeness (QED) is 0.411. The number of nitro benzene ring substituents is 1. The van der Waals surface area contributed by atoms with Crippen LogP contribution in [0.1, 0.15) is 30.9 Å². The topological polar surface area (TPSA) is 110 Å². The number of non-ortho nitro benzene ring substituents is 1. The number of hydrogen-bond donors (Lipinski definition) is 1. The van der Waals surface area contributed by atoms with Crippen LogP contribution in [0.3, 0.4) is 0 Å². The fraction of sp³-hybridized carbons (Fsp3) is 0.280. The molecule has 0 aliphatic carbocycles. The van der Waals surface area contributed by atoms with Crippen LogP contribution in [0.25, 0.3) is 10.8 Å². The smallest absolute Gasteiger partial charge is 0.412 e. The van der Waals surface area contributed by atoms with Crippen molar-refractivity contribution < 1.29 is 24.4 Å². The van der Waals surface area contributed by atoms with Crippen LogP contribution >= 0.6 is 11.8 Å². The minimum absolute atomic E-state index is 0.0557. The number of aliphatic hydroxyl groups is 1. The normalized spacial score (nSPS) is 22.0. The summed E-state index contributed by atoms with van der Waals surface area (Å²) in [5, 5.41) is 23.9. The van der Waals surface area contributed by atoms with Gasteiger partial charge in [0, 0.05) is 36.8 Å². The average Bonchev–Trinajstić information content (AvgIpc) is 3.06. The van der Waals surface area contributed by atoms with E-state index in [0.29, 0.717) is 5.56 Å². The molecule has 3 aromatic rings. The Bertz CT molecular complexity index is 1240. The summed E-state index contributed by atoms with van der Waals surface area (Å²) in [6.07, 6.45) is -0.721. The first-order valence-electron chi connectivity index (χ1n) is 10.7.